The van der Waals surface area contributed by atoms with Gasteiger partial charge in [-0.2, -0.15) is 25.5 Å². The molecule has 2 aliphatic heterocycles. The minimum absolute atomic E-state index is 0. The van der Waals surface area contributed by atoms with Gasteiger partial charge in [0.25, 0.3) is 0 Å². The lowest BCUT2D eigenvalue weighted by atomic mass is 9.86. The average molecular weight is 1460 g/mol. The van der Waals surface area contributed by atoms with E-state index < -0.39 is 0 Å². The fourth-order valence-corrected chi connectivity index (χ4v) is 13.2. The molecule has 0 unspecified atom stereocenters. The number of aliphatic imine (C=N–C) groups is 1. The van der Waals surface area contributed by atoms with Crippen LogP contribution in [0.25, 0.3) is 22.5 Å². The van der Waals surface area contributed by atoms with Gasteiger partial charge in [-0.25, -0.2) is 4.98 Å². The minimum atomic E-state index is 0. The van der Waals surface area contributed by atoms with Gasteiger partial charge in [0.1, 0.15) is 30.5 Å². The van der Waals surface area contributed by atoms with E-state index in [1.165, 1.54) is 110 Å². The number of likely N-dealkylation sites (N-methyl/N-ethyl adjacent to an activating group) is 2. The number of rotatable bonds is 37. The van der Waals surface area contributed by atoms with Crippen molar-refractivity contribution >= 4 is 17.2 Å². The lowest BCUT2D eigenvalue weighted by Crippen LogP contribution is -2.36. The summed E-state index contributed by atoms with van der Waals surface area (Å²) in [5.74, 6) is 3.22. The maximum Gasteiger partial charge on any atom is 0.141 e. The van der Waals surface area contributed by atoms with Crippen molar-refractivity contribution in [2.45, 2.75) is 165 Å². The second kappa shape index (κ2) is 49.6. The fraction of sp³-hybridized carbons (Fsp3) is 0.548. The van der Waals surface area contributed by atoms with E-state index in [2.05, 4.69) is 192 Å². The number of unbranched alkanes of at least 4 members (excludes halogenated alkanes) is 3. The molecule has 22 heteroatoms. The van der Waals surface area contributed by atoms with Crippen molar-refractivity contribution in [3.05, 3.63) is 174 Å². The summed E-state index contributed by atoms with van der Waals surface area (Å²) in [4.78, 5) is 27.6. The predicted octanol–water partition coefficient (Wildman–Crippen LogP) is 15.3. The van der Waals surface area contributed by atoms with Gasteiger partial charge in [0.15, 0.2) is 0 Å². The summed E-state index contributed by atoms with van der Waals surface area (Å²) >= 11 is 0. The molecule has 22 nitrogen and oxygen atoms in total. The average Bonchev–Trinajstić information content (AvgIpc) is 1.63. The summed E-state index contributed by atoms with van der Waals surface area (Å²) in [5, 5.41) is 30.1. The zero-order valence-corrected chi connectivity index (χ0v) is 63.9. The first-order valence-corrected chi connectivity index (χ1v) is 37.7. The van der Waals surface area contributed by atoms with Gasteiger partial charge in [0.2, 0.25) is 0 Å². The topological polar surface area (TPSA) is 207 Å². The molecule has 0 atom stereocenters. The number of nitrogens with one attached hydrogen (secondary N) is 3. The van der Waals surface area contributed by atoms with E-state index in [4.69, 9.17) is 28.9 Å². The Balaban J connectivity index is 0.000000253. The number of aromatic amines is 2. The highest BCUT2D eigenvalue weighted by Gasteiger charge is 2.25. The molecule has 3 N–H and O–H groups in total. The molecule has 2 aromatic carbocycles. The zero-order chi connectivity index (χ0) is 72.8. The van der Waals surface area contributed by atoms with Crippen molar-refractivity contribution in [3.63, 3.8) is 0 Å². The first kappa shape index (κ1) is 88.4. The Bertz CT molecular complexity index is 3610. The highest BCUT2D eigenvalue weighted by Crippen LogP contribution is 2.34. The summed E-state index contributed by atoms with van der Waals surface area (Å²) in [6, 6.07) is 30.3. The summed E-state index contributed by atoms with van der Waals surface area (Å²) in [5.41, 5.74) is 14.3. The number of nitrogens with zero attached hydrogens (tertiary/aromatic N) is 15. The second-order valence-corrected chi connectivity index (χ2v) is 27.5. The van der Waals surface area contributed by atoms with Crippen LogP contribution < -0.4 is 24.6 Å². The largest absolute Gasteiger partial charge is 0.490 e. The lowest BCUT2D eigenvalue weighted by molar-refractivity contribution is 0.0855. The van der Waals surface area contributed by atoms with Crippen LogP contribution in [-0.4, -0.2) is 216 Å². The van der Waals surface area contributed by atoms with Crippen molar-refractivity contribution in [3.8, 4) is 34.0 Å². The molecule has 1 saturated heterocycles. The first-order chi connectivity index (χ1) is 50.4. The number of anilines is 2. The molecule has 3 aliphatic rings. The third-order valence-electron chi connectivity index (χ3n) is 19.3. The Hall–Kier alpha value is -8.22. The minimum Gasteiger partial charge on any atom is -0.490 e. The molecule has 0 amide bonds. The summed E-state index contributed by atoms with van der Waals surface area (Å²) in [6.45, 7) is 24.0. The van der Waals surface area contributed by atoms with Crippen molar-refractivity contribution in [2.24, 2.45) is 10.9 Å². The number of pyridine rings is 2. The van der Waals surface area contributed by atoms with Crippen LogP contribution in [0.2, 0.25) is 0 Å². The number of methoxy groups -OCH3 is 1. The summed E-state index contributed by atoms with van der Waals surface area (Å²) in [6.07, 6.45) is 31.5. The van der Waals surface area contributed by atoms with Crippen LogP contribution in [0, 0.1) is 5.92 Å². The van der Waals surface area contributed by atoms with Gasteiger partial charge in [-0.1, -0.05) is 80.5 Å². The molecule has 8 heterocycles. The van der Waals surface area contributed by atoms with E-state index in [1.54, 1.807) is 18.5 Å². The molecule has 0 radical (unpaired) electrons. The molecular formula is C84H132N18O4. The van der Waals surface area contributed by atoms with Crippen LogP contribution in [0.4, 0.5) is 11.5 Å². The lowest BCUT2D eigenvalue weighted by Gasteiger charge is -2.33. The summed E-state index contributed by atoms with van der Waals surface area (Å²) in [7, 11) is 14.7. The Morgan fingerprint density at radius 3 is 1.72 bits per heavy atom. The first-order valence-electron chi connectivity index (χ1n) is 37.7. The van der Waals surface area contributed by atoms with Crippen molar-refractivity contribution in [1.82, 2.24) is 75.3 Å². The number of H-pyrrole nitrogens is 2. The maximum atomic E-state index is 5.74. The number of benzene rings is 2. The third kappa shape index (κ3) is 29.2. The van der Waals surface area contributed by atoms with Gasteiger partial charge in [0.05, 0.1) is 60.2 Å². The smallest absolute Gasteiger partial charge is 0.141 e. The van der Waals surface area contributed by atoms with Crippen LogP contribution in [0.5, 0.6) is 11.5 Å². The Morgan fingerprint density at radius 1 is 0.575 bits per heavy atom. The Kier molecular flexibility index (Phi) is 41.4. The molecule has 2 fully saturated rings. The summed E-state index contributed by atoms with van der Waals surface area (Å²) < 4.78 is 24.3. The van der Waals surface area contributed by atoms with E-state index in [9.17, 15) is 0 Å². The quantitative estimate of drug-likeness (QED) is 0.0309. The van der Waals surface area contributed by atoms with Crippen LogP contribution in [0.3, 0.4) is 0 Å². The fourth-order valence-electron chi connectivity index (χ4n) is 13.2. The van der Waals surface area contributed by atoms with Crippen LogP contribution >= 0.6 is 0 Å². The molecule has 0 bridgehead atoms. The normalized spacial score (nSPS) is 14.8. The Morgan fingerprint density at radius 2 is 1.16 bits per heavy atom. The van der Waals surface area contributed by atoms with Crippen molar-refractivity contribution < 1.29 is 18.9 Å². The second-order valence-electron chi connectivity index (χ2n) is 27.5. The zero-order valence-electron chi connectivity index (χ0n) is 63.9. The van der Waals surface area contributed by atoms with E-state index >= 15 is 0 Å². The third-order valence-corrected chi connectivity index (χ3v) is 19.3. The monoisotopic (exact) mass is 1460 g/mol. The maximum absolute atomic E-state index is 5.74. The van der Waals surface area contributed by atoms with E-state index in [0.29, 0.717) is 31.0 Å². The number of hydrogen-bond donors (Lipinski definition) is 3. The van der Waals surface area contributed by atoms with Gasteiger partial charge in [-0.15, -0.1) is 0 Å². The molecule has 0 spiro atoms. The molecule has 8 aromatic rings. The van der Waals surface area contributed by atoms with Gasteiger partial charge in [0, 0.05) is 157 Å². The molecule has 1 aliphatic carbocycles. The van der Waals surface area contributed by atoms with E-state index in [-0.39, 0.29) is 22.3 Å². The SMILES string of the molecule is C.C.C.CCCCN(C)Cc1ccnn1C1CCC(COC)CC1.CCCCN(C)Cc1cn[nH]c1-c1ccc(N(C)C2CCOCC2)cc1.CCCCN(C)Cc1cn[nH]c1-c1ccc(OCCOc2ccnnc2)cc1.CCN(Cc1ccncc1)c1ccc(C2=NCC=C2CN(C)CCNC)cn1. The Labute approximate surface area is 637 Å². The van der Waals surface area contributed by atoms with Gasteiger partial charge in [-0.3, -0.25) is 24.9 Å². The van der Waals surface area contributed by atoms with Gasteiger partial charge in [-0.05, 0) is 203 Å². The van der Waals surface area contributed by atoms with E-state index in [1.807, 2.05) is 87.7 Å². The molecule has 106 heavy (non-hydrogen) atoms. The van der Waals surface area contributed by atoms with Crippen molar-refractivity contribution in [2.75, 3.05) is 145 Å². The van der Waals surface area contributed by atoms with Crippen LogP contribution in [-0.2, 0) is 35.7 Å². The van der Waals surface area contributed by atoms with Gasteiger partial charge >= 0.3 is 0 Å². The van der Waals surface area contributed by atoms with Crippen molar-refractivity contribution in [1.29, 1.82) is 0 Å². The van der Waals surface area contributed by atoms with Crippen LogP contribution in [0.15, 0.2) is 151 Å². The van der Waals surface area contributed by atoms with Gasteiger partial charge < -0.3 is 53.7 Å². The molecule has 6 aromatic heterocycles. The van der Waals surface area contributed by atoms with E-state index in [0.717, 1.165) is 150 Å². The number of hydrogen-bond acceptors (Lipinski definition) is 19. The molecular weight excluding hydrogens is 1330 g/mol. The highest BCUT2D eigenvalue weighted by atomic mass is 16.5. The molecule has 11 rings (SSSR count). The predicted molar refractivity (Wildman–Crippen MR) is 438 cm³/mol. The highest BCUT2D eigenvalue weighted by molar-refractivity contribution is 6.14. The standard InChI is InChI=1S/C22H30N6.C21H27N5O2.C21H32N4O.C17H31N3O.3CH4/c1-4-28(16-18-7-10-24-11-8-18)21-6-5-19(15-26-21)22-20(9-12-25-22)17-27(3)14-13-23-2;1-3-4-11-26(2)16-18-14-24-25-21(18)17-5-7-19(8-6-17)27-12-13-28-20-9-10-22-23-15-20;1-4-5-12-24(2)16-18-15-22-23-21(18)17-6-8-19(9-7-17)25(3)20-10-13-26-14-11-20;1-4-5-12-19(2)13-17-10-11-18-20(17)16-8-6-15(7-9-16)14-21-3;;;/h5-11,15,23H,4,12-14,16-17H2,1-3H3;5-10,14-15H,3-4,11-13,16H2,1-2H3,(H,24,25);6-9,15,20H,4-5,10-14,16H2,1-3H3,(H,22,23);10-11,15-16H,4-9,12-14H2,1-3H3;3*1H4. The number of aromatic nitrogens is 10. The molecule has 582 valence electrons. The number of ether oxygens (including phenoxy) is 4. The van der Waals surface area contributed by atoms with Crippen LogP contribution in [0.1, 0.15) is 161 Å². The molecule has 1 saturated carbocycles.